The Morgan fingerprint density at radius 1 is 1.41 bits per heavy atom. The van der Waals surface area contributed by atoms with Gasteiger partial charge in [0.05, 0.1) is 6.20 Å². The lowest BCUT2D eigenvalue weighted by Gasteiger charge is -2.07. The Morgan fingerprint density at radius 2 is 2.24 bits per heavy atom. The number of nitrogen functional groups attached to an aromatic ring is 1. The standard InChI is InChI=1S/C11H10BrN3O2/c1-15-11(13)6(4-14-15)9-7(12)2-3-8-10(9)17-5-16-8/h2-4H,5,13H2,1H3. The van der Waals surface area contributed by atoms with E-state index in [0.29, 0.717) is 11.6 Å². The second-order valence-corrected chi connectivity index (χ2v) is 4.58. The highest BCUT2D eigenvalue weighted by molar-refractivity contribution is 9.10. The first-order chi connectivity index (χ1) is 8.18. The van der Waals surface area contributed by atoms with Gasteiger partial charge in [-0.1, -0.05) is 15.9 Å². The van der Waals surface area contributed by atoms with Crippen molar-refractivity contribution in [2.45, 2.75) is 0 Å². The van der Waals surface area contributed by atoms with Crippen molar-refractivity contribution < 1.29 is 9.47 Å². The number of aryl methyl sites for hydroxylation is 1. The Labute approximate surface area is 106 Å². The maximum atomic E-state index is 5.98. The predicted octanol–water partition coefficient (Wildman–Crippen LogP) is 2.16. The van der Waals surface area contributed by atoms with E-state index < -0.39 is 0 Å². The molecular weight excluding hydrogens is 286 g/mol. The molecule has 3 rings (SSSR count). The fourth-order valence-electron chi connectivity index (χ4n) is 1.84. The van der Waals surface area contributed by atoms with Gasteiger partial charge in [-0.25, -0.2) is 0 Å². The Hall–Kier alpha value is -1.69. The number of anilines is 1. The van der Waals surface area contributed by atoms with E-state index >= 15 is 0 Å². The summed E-state index contributed by atoms with van der Waals surface area (Å²) in [7, 11) is 1.80. The van der Waals surface area contributed by atoms with Crippen molar-refractivity contribution in [3.05, 3.63) is 22.8 Å². The average molecular weight is 296 g/mol. The molecule has 2 heterocycles. The third-order valence-electron chi connectivity index (χ3n) is 2.74. The van der Waals surface area contributed by atoms with Gasteiger partial charge in [-0.15, -0.1) is 0 Å². The monoisotopic (exact) mass is 295 g/mol. The first-order valence-corrected chi connectivity index (χ1v) is 5.83. The minimum atomic E-state index is 0.235. The van der Waals surface area contributed by atoms with Crippen molar-refractivity contribution in [3.63, 3.8) is 0 Å². The van der Waals surface area contributed by atoms with Gasteiger partial charge in [-0.05, 0) is 12.1 Å². The number of nitrogens with zero attached hydrogens (tertiary/aromatic N) is 2. The summed E-state index contributed by atoms with van der Waals surface area (Å²) in [5.41, 5.74) is 7.70. The lowest BCUT2D eigenvalue weighted by molar-refractivity contribution is 0.174. The molecule has 0 saturated carbocycles. The van der Waals surface area contributed by atoms with Gasteiger partial charge in [0.2, 0.25) is 6.79 Å². The number of hydrogen-bond donors (Lipinski definition) is 1. The Kier molecular flexibility index (Phi) is 2.25. The molecule has 0 saturated heterocycles. The molecule has 0 bridgehead atoms. The number of nitrogens with two attached hydrogens (primary N) is 1. The summed E-state index contributed by atoms with van der Waals surface area (Å²) in [6.07, 6.45) is 1.72. The van der Waals surface area contributed by atoms with E-state index in [-0.39, 0.29) is 6.79 Å². The summed E-state index contributed by atoms with van der Waals surface area (Å²) >= 11 is 3.50. The summed E-state index contributed by atoms with van der Waals surface area (Å²) in [4.78, 5) is 0. The van der Waals surface area contributed by atoms with E-state index in [1.54, 1.807) is 17.9 Å². The molecule has 17 heavy (non-hydrogen) atoms. The molecule has 0 amide bonds. The third kappa shape index (κ3) is 1.48. The molecule has 1 aliphatic heterocycles. The number of benzene rings is 1. The van der Waals surface area contributed by atoms with Crippen LogP contribution in [-0.4, -0.2) is 16.6 Å². The lowest BCUT2D eigenvalue weighted by Crippen LogP contribution is -1.98. The number of hydrogen-bond acceptors (Lipinski definition) is 4. The summed E-state index contributed by atoms with van der Waals surface area (Å²) in [6.45, 7) is 0.235. The molecule has 6 heteroatoms. The SMILES string of the molecule is Cn1ncc(-c2c(Br)ccc3c2OCO3)c1N. The highest BCUT2D eigenvalue weighted by Crippen LogP contribution is 2.46. The van der Waals surface area contributed by atoms with Crippen LogP contribution in [0, 0.1) is 0 Å². The minimum Gasteiger partial charge on any atom is -0.454 e. The molecule has 88 valence electrons. The summed E-state index contributed by atoms with van der Waals surface area (Å²) < 4.78 is 13.4. The fraction of sp³-hybridized carbons (Fsp3) is 0.182. The van der Waals surface area contributed by atoms with Gasteiger partial charge in [0.1, 0.15) is 5.82 Å². The zero-order valence-corrected chi connectivity index (χ0v) is 10.7. The quantitative estimate of drug-likeness (QED) is 0.876. The van der Waals surface area contributed by atoms with Crippen molar-refractivity contribution in [2.24, 2.45) is 7.05 Å². The van der Waals surface area contributed by atoms with Crippen molar-refractivity contribution >= 4 is 21.7 Å². The zero-order valence-electron chi connectivity index (χ0n) is 9.11. The summed E-state index contributed by atoms with van der Waals surface area (Å²) in [6, 6.07) is 3.78. The van der Waals surface area contributed by atoms with Gasteiger partial charge in [0.25, 0.3) is 0 Å². The van der Waals surface area contributed by atoms with E-state index in [4.69, 9.17) is 15.2 Å². The molecule has 1 aromatic carbocycles. The number of halogens is 1. The van der Waals surface area contributed by atoms with Gasteiger partial charge in [0.15, 0.2) is 11.5 Å². The molecule has 0 unspecified atom stereocenters. The first-order valence-electron chi connectivity index (χ1n) is 5.04. The number of ether oxygens (including phenoxy) is 2. The van der Waals surface area contributed by atoms with Crippen LogP contribution in [-0.2, 0) is 7.05 Å². The molecular formula is C11H10BrN3O2. The van der Waals surface area contributed by atoms with Crippen molar-refractivity contribution in [3.8, 4) is 22.6 Å². The number of rotatable bonds is 1. The molecule has 2 aromatic rings. The highest BCUT2D eigenvalue weighted by Gasteiger charge is 2.23. The Balaban J connectivity index is 2.27. The first kappa shape index (κ1) is 10.5. The van der Waals surface area contributed by atoms with Crippen LogP contribution < -0.4 is 15.2 Å². The van der Waals surface area contributed by atoms with Gasteiger partial charge >= 0.3 is 0 Å². The molecule has 0 fully saturated rings. The maximum absolute atomic E-state index is 5.98. The second kappa shape index (κ2) is 3.66. The fourth-order valence-corrected chi connectivity index (χ4v) is 2.36. The normalized spacial score (nSPS) is 13.1. The van der Waals surface area contributed by atoms with Crippen LogP contribution >= 0.6 is 15.9 Å². The zero-order chi connectivity index (χ0) is 12.0. The number of fused-ring (bicyclic) bond motifs is 1. The van der Waals surface area contributed by atoms with Crippen molar-refractivity contribution in [1.29, 1.82) is 0 Å². The molecule has 0 atom stereocenters. The van der Waals surface area contributed by atoms with Crippen LogP contribution in [0.15, 0.2) is 22.8 Å². The van der Waals surface area contributed by atoms with Gasteiger partial charge < -0.3 is 15.2 Å². The lowest BCUT2D eigenvalue weighted by atomic mass is 10.1. The van der Waals surface area contributed by atoms with Crippen molar-refractivity contribution in [2.75, 3.05) is 12.5 Å². The van der Waals surface area contributed by atoms with Crippen LogP contribution in [0.4, 0.5) is 5.82 Å². The molecule has 2 N–H and O–H groups in total. The van der Waals surface area contributed by atoms with E-state index in [1.165, 1.54) is 0 Å². The molecule has 0 spiro atoms. The predicted molar refractivity (Wildman–Crippen MR) is 66.9 cm³/mol. The second-order valence-electron chi connectivity index (χ2n) is 3.72. The van der Waals surface area contributed by atoms with Gasteiger partial charge in [-0.2, -0.15) is 5.10 Å². The van der Waals surface area contributed by atoms with E-state index in [9.17, 15) is 0 Å². The highest BCUT2D eigenvalue weighted by atomic mass is 79.9. The molecule has 0 radical (unpaired) electrons. The van der Waals surface area contributed by atoms with E-state index in [1.807, 2.05) is 12.1 Å². The largest absolute Gasteiger partial charge is 0.454 e. The number of aromatic nitrogens is 2. The summed E-state index contributed by atoms with van der Waals surface area (Å²) in [5, 5.41) is 4.13. The molecule has 1 aromatic heterocycles. The van der Waals surface area contributed by atoms with Crippen LogP contribution in [0.2, 0.25) is 0 Å². The molecule has 5 nitrogen and oxygen atoms in total. The van der Waals surface area contributed by atoms with E-state index in [0.717, 1.165) is 21.3 Å². The van der Waals surface area contributed by atoms with Gasteiger partial charge in [0, 0.05) is 22.6 Å². The third-order valence-corrected chi connectivity index (χ3v) is 3.40. The van der Waals surface area contributed by atoms with Crippen LogP contribution in [0.25, 0.3) is 11.1 Å². The smallest absolute Gasteiger partial charge is 0.231 e. The van der Waals surface area contributed by atoms with E-state index in [2.05, 4.69) is 21.0 Å². The maximum Gasteiger partial charge on any atom is 0.231 e. The minimum absolute atomic E-state index is 0.235. The van der Waals surface area contributed by atoms with Crippen LogP contribution in [0.1, 0.15) is 0 Å². The Morgan fingerprint density at radius 3 is 2.94 bits per heavy atom. The van der Waals surface area contributed by atoms with Gasteiger partial charge in [-0.3, -0.25) is 4.68 Å². The Bertz CT molecular complexity index is 595. The van der Waals surface area contributed by atoms with Crippen LogP contribution in [0.5, 0.6) is 11.5 Å². The molecule has 0 aliphatic carbocycles. The summed E-state index contributed by atoms with van der Waals surface area (Å²) in [5.74, 6) is 2.03. The van der Waals surface area contributed by atoms with Crippen molar-refractivity contribution in [1.82, 2.24) is 9.78 Å². The average Bonchev–Trinajstić information content (AvgIpc) is 2.89. The van der Waals surface area contributed by atoms with Crippen LogP contribution in [0.3, 0.4) is 0 Å². The molecule has 1 aliphatic rings. The topological polar surface area (TPSA) is 62.3 Å².